The van der Waals surface area contributed by atoms with E-state index >= 15 is 0 Å². The van der Waals surface area contributed by atoms with Crippen molar-refractivity contribution >= 4 is 11.6 Å². The zero-order valence-corrected chi connectivity index (χ0v) is 16.4. The molecule has 0 aliphatic rings. The molecule has 0 saturated heterocycles. The van der Waals surface area contributed by atoms with Gasteiger partial charge in [-0.25, -0.2) is 4.98 Å². The molecule has 0 bridgehead atoms. The summed E-state index contributed by atoms with van der Waals surface area (Å²) in [6.45, 7) is 3.25. The van der Waals surface area contributed by atoms with Crippen LogP contribution in [0.1, 0.15) is 25.6 Å². The van der Waals surface area contributed by atoms with E-state index in [0.29, 0.717) is 55.7 Å². The Kier molecular flexibility index (Phi) is 7.18. The topological polar surface area (TPSA) is 115 Å². The standard InChI is InChI=1S/C21H25N5O3/c1-2-28-17-6-3-4-7-18(17)29-13-5-8-20(27)23-16-11-9-15(10-12-16)21-24-19(14-22)25-26-21/h3-4,6-7,9-12H,2,5,8,13-14,22H2,1H3,(H,23,27)(H,24,25,26). The highest BCUT2D eigenvalue weighted by Gasteiger charge is 2.08. The molecule has 3 aromatic rings. The molecule has 1 heterocycles. The smallest absolute Gasteiger partial charge is 0.224 e. The number of nitrogens with zero attached hydrogens (tertiary/aromatic N) is 2. The predicted molar refractivity (Wildman–Crippen MR) is 111 cm³/mol. The van der Waals surface area contributed by atoms with Crippen LogP contribution < -0.4 is 20.5 Å². The summed E-state index contributed by atoms with van der Waals surface area (Å²) in [5, 5.41) is 9.77. The number of hydrogen-bond acceptors (Lipinski definition) is 6. The maximum absolute atomic E-state index is 12.2. The molecule has 0 fully saturated rings. The Bertz CT molecular complexity index is 924. The summed E-state index contributed by atoms with van der Waals surface area (Å²) in [7, 11) is 0. The first-order chi connectivity index (χ1) is 14.2. The molecule has 3 rings (SSSR count). The minimum atomic E-state index is -0.0669. The molecule has 1 aromatic heterocycles. The van der Waals surface area contributed by atoms with E-state index in [4.69, 9.17) is 15.2 Å². The van der Waals surface area contributed by atoms with Crippen LogP contribution in [0.15, 0.2) is 48.5 Å². The van der Waals surface area contributed by atoms with Gasteiger partial charge in [-0.3, -0.25) is 9.89 Å². The third-order valence-corrected chi connectivity index (χ3v) is 4.11. The van der Waals surface area contributed by atoms with E-state index in [2.05, 4.69) is 20.5 Å². The second-order valence-corrected chi connectivity index (χ2v) is 6.27. The van der Waals surface area contributed by atoms with Gasteiger partial charge in [-0.1, -0.05) is 12.1 Å². The molecule has 0 unspecified atom stereocenters. The van der Waals surface area contributed by atoms with Crippen LogP contribution in [-0.4, -0.2) is 34.3 Å². The van der Waals surface area contributed by atoms with Gasteiger partial charge in [-0.15, -0.1) is 0 Å². The van der Waals surface area contributed by atoms with Crippen LogP contribution in [-0.2, 0) is 11.3 Å². The number of hydrogen-bond donors (Lipinski definition) is 3. The summed E-state index contributed by atoms with van der Waals surface area (Å²) in [6.07, 6.45) is 0.961. The summed E-state index contributed by atoms with van der Waals surface area (Å²) in [6, 6.07) is 14.9. The second kappa shape index (κ2) is 10.2. The predicted octanol–water partition coefficient (Wildman–Crippen LogP) is 3.13. The summed E-state index contributed by atoms with van der Waals surface area (Å²) in [5.41, 5.74) is 7.09. The highest BCUT2D eigenvalue weighted by molar-refractivity contribution is 5.90. The van der Waals surface area contributed by atoms with Crippen molar-refractivity contribution in [3.8, 4) is 22.9 Å². The number of nitrogens with one attached hydrogen (secondary N) is 2. The first-order valence-corrected chi connectivity index (χ1v) is 9.56. The fourth-order valence-electron chi connectivity index (χ4n) is 2.70. The van der Waals surface area contributed by atoms with E-state index in [1.165, 1.54) is 0 Å². The van der Waals surface area contributed by atoms with E-state index < -0.39 is 0 Å². The Morgan fingerprint density at radius 2 is 1.83 bits per heavy atom. The van der Waals surface area contributed by atoms with Crippen molar-refractivity contribution in [2.24, 2.45) is 5.73 Å². The molecule has 2 aromatic carbocycles. The Morgan fingerprint density at radius 3 is 2.48 bits per heavy atom. The third-order valence-electron chi connectivity index (χ3n) is 4.11. The zero-order chi connectivity index (χ0) is 20.5. The minimum absolute atomic E-state index is 0.0669. The van der Waals surface area contributed by atoms with Gasteiger partial charge in [0.25, 0.3) is 0 Å². The number of amides is 1. The molecule has 4 N–H and O–H groups in total. The molecule has 0 radical (unpaired) electrons. The van der Waals surface area contributed by atoms with Gasteiger partial charge in [0.05, 0.1) is 19.8 Å². The van der Waals surface area contributed by atoms with Crippen LogP contribution in [0.5, 0.6) is 11.5 Å². The molecule has 0 spiro atoms. The van der Waals surface area contributed by atoms with Gasteiger partial charge in [-0.05, 0) is 49.7 Å². The highest BCUT2D eigenvalue weighted by Crippen LogP contribution is 2.26. The summed E-state index contributed by atoms with van der Waals surface area (Å²) < 4.78 is 11.3. The molecule has 29 heavy (non-hydrogen) atoms. The van der Waals surface area contributed by atoms with Crippen molar-refractivity contribution in [3.05, 3.63) is 54.4 Å². The van der Waals surface area contributed by atoms with Gasteiger partial charge >= 0.3 is 0 Å². The number of ether oxygens (including phenoxy) is 2. The van der Waals surface area contributed by atoms with Crippen LogP contribution >= 0.6 is 0 Å². The van der Waals surface area contributed by atoms with Crippen molar-refractivity contribution in [2.45, 2.75) is 26.3 Å². The second-order valence-electron chi connectivity index (χ2n) is 6.27. The lowest BCUT2D eigenvalue weighted by atomic mass is 10.2. The number of nitrogens with two attached hydrogens (primary N) is 1. The maximum atomic E-state index is 12.2. The Hall–Kier alpha value is -3.39. The monoisotopic (exact) mass is 395 g/mol. The fraction of sp³-hybridized carbons (Fsp3) is 0.286. The number of anilines is 1. The molecule has 152 valence electrons. The summed E-state index contributed by atoms with van der Waals surface area (Å²) in [4.78, 5) is 16.4. The third kappa shape index (κ3) is 5.79. The average molecular weight is 395 g/mol. The molecule has 0 atom stereocenters. The van der Waals surface area contributed by atoms with E-state index in [1.807, 2.05) is 55.5 Å². The van der Waals surface area contributed by atoms with Crippen molar-refractivity contribution in [1.29, 1.82) is 0 Å². The summed E-state index contributed by atoms with van der Waals surface area (Å²) in [5.74, 6) is 2.54. The molecule has 8 heteroatoms. The Labute approximate surface area is 169 Å². The lowest BCUT2D eigenvalue weighted by Gasteiger charge is -2.11. The van der Waals surface area contributed by atoms with Crippen molar-refractivity contribution < 1.29 is 14.3 Å². The number of carbonyl (C=O) groups excluding carboxylic acids is 1. The minimum Gasteiger partial charge on any atom is -0.490 e. The van der Waals surface area contributed by atoms with Crippen LogP contribution in [0.3, 0.4) is 0 Å². The van der Waals surface area contributed by atoms with Crippen LogP contribution in [0.25, 0.3) is 11.4 Å². The average Bonchev–Trinajstić information content (AvgIpc) is 3.22. The molecule has 8 nitrogen and oxygen atoms in total. The number of carbonyl (C=O) groups is 1. The van der Waals surface area contributed by atoms with Gasteiger partial charge in [-0.2, -0.15) is 5.10 Å². The number of aromatic nitrogens is 3. The molecular weight excluding hydrogens is 370 g/mol. The highest BCUT2D eigenvalue weighted by atomic mass is 16.5. The zero-order valence-electron chi connectivity index (χ0n) is 16.4. The lowest BCUT2D eigenvalue weighted by Crippen LogP contribution is -2.12. The van der Waals surface area contributed by atoms with Gasteiger partial charge in [0.15, 0.2) is 17.3 Å². The summed E-state index contributed by atoms with van der Waals surface area (Å²) >= 11 is 0. The van der Waals surface area contributed by atoms with E-state index in [1.54, 1.807) is 0 Å². The van der Waals surface area contributed by atoms with Crippen LogP contribution in [0.4, 0.5) is 5.69 Å². The van der Waals surface area contributed by atoms with Gasteiger partial charge in [0.1, 0.15) is 5.82 Å². The lowest BCUT2D eigenvalue weighted by molar-refractivity contribution is -0.116. The molecule has 0 aliphatic carbocycles. The normalized spacial score (nSPS) is 10.6. The maximum Gasteiger partial charge on any atom is 0.224 e. The number of H-pyrrole nitrogens is 1. The molecule has 0 aliphatic heterocycles. The van der Waals surface area contributed by atoms with Gasteiger partial charge in [0.2, 0.25) is 5.91 Å². The fourth-order valence-corrected chi connectivity index (χ4v) is 2.70. The van der Waals surface area contributed by atoms with Gasteiger partial charge in [0, 0.05) is 17.7 Å². The van der Waals surface area contributed by atoms with E-state index in [0.717, 1.165) is 11.3 Å². The Morgan fingerprint density at radius 1 is 1.10 bits per heavy atom. The largest absolute Gasteiger partial charge is 0.490 e. The quantitative estimate of drug-likeness (QED) is 0.454. The van der Waals surface area contributed by atoms with E-state index in [9.17, 15) is 4.79 Å². The Balaban J connectivity index is 1.44. The van der Waals surface area contributed by atoms with Crippen LogP contribution in [0.2, 0.25) is 0 Å². The molecule has 1 amide bonds. The van der Waals surface area contributed by atoms with E-state index in [-0.39, 0.29) is 5.91 Å². The van der Waals surface area contributed by atoms with Crippen LogP contribution in [0, 0.1) is 0 Å². The molecule has 0 saturated carbocycles. The molecular formula is C21H25N5O3. The number of rotatable bonds is 10. The van der Waals surface area contributed by atoms with Crippen molar-refractivity contribution in [2.75, 3.05) is 18.5 Å². The van der Waals surface area contributed by atoms with Crippen molar-refractivity contribution in [1.82, 2.24) is 15.2 Å². The first kappa shape index (κ1) is 20.3. The van der Waals surface area contributed by atoms with Crippen molar-refractivity contribution in [3.63, 3.8) is 0 Å². The number of aromatic amines is 1. The number of para-hydroxylation sites is 2. The SMILES string of the molecule is CCOc1ccccc1OCCCC(=O)Nc1ccc(-c2n[nH]c(CN)n2)cc1. The number of benzene rings is 2. The van der Waals surface area contributed by atoms with Gasteiger partial charge < -0.3 is 20.5 Å². The first-order valence-electron chi connectivity index (χ1n) is 9.56.